The second kappa shape index (κ2) is 13.7. The van der Waals surface area contributed by atoms with Crippen molar-refractivity contribution in [2.75, 3.05) is 0 Å². The van der Waals surface area contributed by atoms with Gasteiger partial charge in [-0.05, 0) is 50.8 Å². The van der Waals surface area contributed by atoms with Crippen LogP contribution in [0.5, 0.6) is 0 Å². The molecule has 0 unspecified atom stereocenters. The summed E-state index contributed by atoms with van der Waals surface area (Å²) in [5, 5.41) is 3.62. The number of benzene rings is 4. The average molecular weight is 795 g/mol. The van der Waals surface area contributed by atoms with E-state index in [1.54, 1.807) is 0 Å². The minimum Gasteiger partial charge on any atom is -0.500 e. The molecule has 0 aliphatic rings. The molecule has 3 heterocycles. The topological polar surface area (TPSA) is 38.9 Å². The van der Waals surface area contributed by atoms with Gasteiger partial charge in [0.25, 0.3) is 0 Å². The monoisotopic (exact) mass is 795 g/mol. The van der Waals surface area contributed by atoms with Crippen LogP contribution in [0.15, 0.2) is 126 Å². The molecule has 0 saturated heterocycles. The predicted octanol–water partition coefficient (Wildman–Crippen LogP) is 10.5. The largest absolute Gasteiger partial charge is 0.500 e. The molecule has 0 fully saturated rings. The van der Waals surface area contributed by atoms with Crippen molar-refractivity contribution in [3.8, 4) is 33.6 Å². The summed E-state index contributed by atoms with van der Waals surface area (Å²) in [6.45, 7) is 13.6. The Hall–Kier alpha value is -4.15. The molecular formula is C41H38IrN2OSi-2. The molecule has 0 atom stereocenters. The van der Waals surface area contributed by atoms with Crippen LogP contribution < -0.4 is 5.19 Å². The number of fused-ring (bicyclic) bond motifs is 3. The Labute approximate surface area is 287 Å². The second-order valence-electron chi connectivity index (χ2n) is 13.4. The van der Waals surface area contributed by atoms with Crippen LogP contribution in [0.3, 0.4) is 0 Å². The molecule has 7 rings (SSSR count). The van der Waals surface area contributed by atoms with Gasteiger partial charge in [-0.1, -0.05) is 106 Å². The van der Waals surface area contributed by atoms with Gasteiger partial charge in [0.15, 0.2) is 0 Å². The maximum atomic E-state index is 6.13. The van der Waals surface area contributed by atoms with E-state index in [-0.39, 0.29) is 25.5 Å². The molecule has 7 aromatic rings. The van der Waals surface area contributed by atoms with Gasteiger partial charge in [-0.25, -0.2) is 0 Å². The first-order valence-electron chi connectivity index (χ1n) is 15.4. The van der Waals surface area contributed by atoms with Crippen molar-refractivity contribution in [2.45, 2.75) is 45.8 Å². The van der Waals surface area contributed by atoms with Crippen molar-refractivity contribution in [2.24, 2.45) is 0 Å². The molecule has 0 saturated carbocycles. The fourth-order valence-corrected chi connectivity index (χ4v) is 6.41. The van der Waals surface area contributed by atoms with Gasteiger partial charge in [-0.2, -0.15) is 0 Å². The van der Waals surface area contributed by atoms with Gasteiger partial charge >= 0.3 is 0 Å². The van der Waals surface area contributed by atoms with Crippen LogP contribution in [0.1, 0.15) is 26.3 Å². The number of rotatable bonds is 4. The van der Waals surface area contributed by atoms with Crippen LogP contribution in [0.2, 0.25) is 19.6 Å². The van der Waals surface area contributed by atoms with Crippen molar-refractivity contribution in [3.63, 3.8) is 0 Å². The number of aromatic nitrogens is 2. The molecule has 3 aromatic heterocycles. The molecule has 0 N–H and O–H groups in total. The third-order valence-electron chi connectivity index (χ3n) is 8.03. The molecule has 0 spiro atoms. The molecule has 0 aliphatic carbocycles. The number of pyridine rings is 2. The van der Waals surface area contributed by atoms with E-state index in [0.717, 1.165) is 44.5 Å². The van der Waals surface area contributed by atoms with E-state index in [1.807, 2.05) is 60.9 Å². The zero-order chi connectivity index (χ0) is 31.6. The minimum absolute atomic E-state index is 0. The maximum absolute atomic E-state index is 6.13. The Morgan fingerprint density at radius 3 is 2.15 bits per heavy atom. The molecule has 4 aromatic carbocycles. The van der Waals surface area contributed by atoms with Gasteiger partial charge in [0.05, 0.1) is 13.7 Å². The first-order chi connectivity index (χ1) is 21.6. The van der Waals surface area contributed by atoms with Gasteiger partial charge in [-0.3, -0.25) is 0 Å². The fourth-order valence-electron chi connectivity index (χ4n) is 5.37. The second-order valence-corrected chi connectivity index (χ2v) is 18.5. The number of hydrogen-bond acceptors (Lipinski definition) is 3. The van der Waals surface area contributed by atoms with Gasteiger partial charge in [0.1, 0.15) is 5.58 Å². The van der Waals surface area contributed by atoms with Gasteiger partial charge in [-0.15, -0.1) is 59.7 Å². The summed E-state index contributed by atoms with van der Waals surface area (Å²) in [5.74, 6) is 0. The average Bonchev–Trinajstić information content (AvgIpc) is 3.43. The van der Waals surface area contributed by atoms with Crippen molar-refractivity contribution >= 4 is 35.2 Å². The normalized spacial score (nSPS) is 11.5. The van der Waals surface area contributed by atoms with E-state index in [2.05, 4.69) is 123 Å². The molecule has 46 heavy (non-hydrogen) atoms. The van der Waals surface area contributed by atoms with Crippen molar-refractivity contribution in [3.05, 3.63) is 139 Å². The summed E-state index contributed by atoms with van der Waals surface area (Å²) in [7, 11) is -1.23. The van der Waals surface area contributed by atoms with Crippen molar-refractivity contribution < 1.29 is 24.5 Å². The third kappa shape index (κ3) is 7.29. The van der Waals surface area contributed by atoms with Crippen molar-refractivity contribution in [1.29, 1.82) is 0 Å². The zero-order valence-electron chi connectivity index (χ0n) is 27.2. The molecule has 0 amide bonds. The summed E-state index contributed by atoms with van der Waals surface area (Å²) in [6, 6.07) is 43.8. The van der Waals surface area contributed by atoms with Gasteiger partial charge < -0.3 is 14.4 Å². The Balaban J connectivity index is 0.000000209. The smallest absolute Gasteiger partial charge is 0.121 e. The first kappa shape index (κ1) is 33.2. The summed E-state index contributed by atoms with van der Waals surface area (Å²) in [4.78, 5) is 9.13. The van der Waals surface area contributed by atoms with Gasteiger partial charge in [0.2, 0.25) is 0 Å². The number of nitrogens with zero attached hydrogens (tertiary/aromatic N) is 2. The molecule has 0 aliphatic heterocycles. The molecular weight excluding hydrogens is 757 g/mol. The fraction of sp³-hybridized carbons (Fsp3) is 0.171. The molecule has 3 nitrogen and oxygen atoms in total. The van der Waals surface area contributed by atoms with Gasteiger partial charge in [0, 0.05) is 37.9 Å². The Morgan fingerprint density at radius 1 is 0.696 bits per heavy atom. The zero-order valence-corrected chi connectivity index (χ0v) is 30.6. The van der Waals surface area contributed by atoms with Crippen molar-refractivity contribution in [1.82, 2.24) is 9.97 Å². The van der Waals surface area contributed by atoms with Crippen LogP contribution >= 0.6 is 0 Å². The van der Waals surface area contributed by atoms with E-state index >= 15 is 0 Å². The molecule has 1 radical (unpaired) electrons. The van der Waals surface area contributed by atoms with Crippen LogP contribution in [0, 0.1) is 12.1 Å². The maximum Gasteiger partial charge on any atom is 0.121 e. The predicted molar refractivity (Wildman–Crippen MR) is 191 cm³/mol. The van der Waals surface area contributed by atoms with E-state index in [1.165, 1.54) is 21.9 Å². The van der Waals surface area contributed by atoms with E-state index in [9.17, 15) is 0 Å². The molecule has 0 bridgehead atoms. The van der Waals surface area contributed by atoms with E-state index in [4.69, 9.17) is 4.42 Å². The van der Waals surface area contributed by atoms with Crippen LogP contribution in [0.25, 0.3) is 55.6 Å². The molecule has 5 heteroatoms. The first-order valence-corrected chi connectivity index (χ1v) is 18.9. The number of furan rings is 1. The van der Waals surface area contributed by atoms with Crippen LogP contribution in [-0.2, 0) is 25.5 Å². The Morgan fingerprint density at radius 2 is 1.48 bits per heavy atom. The summed E-state index contributed by atoms with van der Waals surface area (Å²) >= 11 is 0. The number of hydrogen-bond donors (Lipinski definition) is 0. The summed E-state index contributed by atoms with van der Waals surface area (Å²) in [5.41, 5.74) is 9.41. The SMILES string of the molecule is CC(C)(C)c1ccnc(-c2[c-]cc3oc4cccc(-c5ccccc5)c4c3c2)c1.C[Si](C)(C)c1ccc(-c2[c-]cccc2)nc1.[Ir]. The van der Waals surface area contributed by atoms with Crippen LogP contribution in [0.4, 0.5) is 0 Å². The minimum atomic E-state index is -1.23. The third-order valence-corrected chi connectivity index (χ3v) is 10.1. The summed E-state index contributed by atoms with van der Waals surface area (Å²) in [6.07, 6.45) is 3.90. The van der Waals surface area contributed by atoms with E-state index in [0.29, 0.717) is 0 Å². The quantitative estimate of drug-likeness (QED) is 0.132. The Kier molecular flexibility index (Phi) is 9.88. The van der Waals surface area contributed by atoms with E-state index < -0.39 is 8.07 Å². The standard InChI is InChI=1S/C27H22NO.C14H16NSi.Ir/c1-27(2,3)20-14-15-28-23(17-20)19-12-13-24-22(16-19)26-21(10-7-11-25(26)29-24)18-8-5-4-6-9-18;1-16(2,3)13-9-10-14(15-11-13)12-7-5-4-6-8-12;/h4-11,13-17H,1-3H3;4-7,9-11H,1-3H3;/q2*-1;. The van der Waals surface area contributed by atoms with Crippen LogP contribution in [-0.4, -0.2) is 18.0 Å². The Bertz CT molecular complexity index is 2060. The summed E-state index contributed by atoms with van der Waals surface area (Å²) < 4.78 is 6.13. The molecule has 233 valence electrons.